The minimum absolute atomic E-state index is 0.192. The molecule has 1 rings (SSSR count). The lowest BCUT2D eigenvalue weighted by Crippen LogP contribution is -2.42. The number of benzene rings is 1. The number of halogens is 4. The molecule has 1 aromatic carbocycles. The van der Waals surface area contributed by atoms with E-state index < -0.39 is 17.9 Å². The summed E-state index contributed by atoms with van der Waals surface area (Å²) in [4.78, 5) is 11.4. The Morgan fingerprint density at radius 3 is 2.47 bits per heavy atom. The monoisotopic (exact) mass is 337 g/mol. The first-order chi connectivity index (χ1) is 8.70. The van der Waals surface area contributed by atoms with Crippen molar-refractivity contribution < 1.29 is 18.0 Å². The zero-order chi connectivity index (χ0) is 14.8. The van der Waals surface area contributed by atoms with Crippen LogP contribution in [-0.2, 0) is 4.79 Å². The van der Waals surface area contributed by atoms with Gasteiger partial charge in [-0.05, 0) is 28.1 Å². The van der Waals surface area contributed by atoms with Crippen molar-refractivity contribution in [2.45, 2.75) is 6.18 Å². The zero-order valence-corrected chi connectivity index (χ0v) is 11.7. The number of nitrogens with one attached hydrogen (secondary N) is 2. The number of amidine groups is 1. The molecule has 0 saturated carbocycles. The summed E-state index contributed by atoms with van der Waals surface area (Å²) in [6.45, 7) is 0. The quantitative estimate of drug-likeness (QED) is 0.644. The molecule has 2 N–H and O–H groups in total. The van der Waals surface area contributed by atoms with Gasteiger partial charge in [0, 0.05) is 24.1 Å². The maximum atomic E-state index is 12.3. The minimum Gasteiger partial charge on any atom is -0.387 e. The van der Waals surface area contributed by atoms with Crippen LogP contribution >= 0.6 is 15.9 Å². The van der Waals surface area contributed by atoms with E-state index in [1.54, 1.807) is 19.2 Å². The predicted octanol–water partition coefficient (Wildman–Crippen LogP) is 2.84. The lowest BCUT2D eigenvalue weighted by Gasteiger charge is -2.21. The summed E-state index contributed by atoms with van der Waals surface area (Å²) < 4.78 is 37.6. The van der Waals surface area contributed by atoms with E-state index in [0.717, 1.165) is 7.05 Å². The Bertz CT molecular complexity index is 516. The van der Waals surface area contributed by atoms with E-state index in [1.165, 1.54) is 6.07 Å². The first kappa shape index (κ1) is 15.5. The van der Waals surface area contributed by atoms with Crippen LogP contribution in [0.4, 0.5) is 18.9 Å². The summed E-state index contributed by atoms with van der Waals surface area (Å²) in [5.41, 5.74) is 0.631. The van der Waals surface area contributed by atoms with Crippen LogP contribution in [0.3, 0.4) is 0 Å². The molecule has 0 aromatic heterocycles. The second kappa shape index (κ2) is 5.60. The fraction of sp³-hybridized carbons (Fsp3) is 0.273. The van der Waals surface area contributed by atoms with E-state index in [0.29, 0.717) is 10.2 Å². The molecule has 0 heterocycles. The van der Waals surface area contributed by atoms with Crippen LogP contribution in [0.5, 0.6) is 0 Å². The molecular weight excluding hydrogens is 327 g/mol. The lowest BCUT2D eigenvalue weighted by molar-refractivity contribution is -0.180. The van der Waals surface area contributed by atoms with E-state index in [2.05, 4.69) is 21.2 Å². The molecule has 19 heavy (non-hydrogen) atoms. The van der Waals surface area contributed by atoms with Crippen molar-refractivity contribution in [3.05, 3.63) is 28.2 Å². The number of hydrogen-bond donors (Lipinski definition) is 2. The molecule has 0 fully saturated rings. The van der Waals surface area contributed by atoms with Gasteiger partial charge in [0.2, 0.25) is 0 Å². The Morgan fingerprint density at radius 2 is 2.00 bits per heavy atom. The van der Waals surface area contributed by atoms with Crippen molar-refractivity contribution >= 4 is 33.4 Å². The summed E-state index contributed by atoms with van der Waals surface area (Å²) in [5.74, 6) is -2.62. The topological polar surface area (TPSA) is 56.2 Å². The van der Waals surface area contributed by atoms with E-state index >= 15 is 0 Å². The van der Waals surface area contributed by atoms with Crippen LogP contribution in [0.1, 0.15) is 5.56 Å². The standard InChI is InChI=1S/C11H11BrF3N3O/c1-17-8-6(4-3-5-7(8)12)9(16)18(2)10(19)11(13,14)15/h3-5,16-17H,1-2H3. The van der Waals surface area contributed by atoms with Crippen molar-refractivity contribution in [2.24, 2.45) is 0 Å². The van der Waals surface area contributed by atoms with Gasteiger partial charge in [-0.1, -0.05) is 6.07 Å². The Balaban J connectivity index is 3.15. The molecule has 104 valence electrons. The number of amides is 1. The van der Waals surface area contributed by atoms with E-state index in [4.69, 9.17) is 5.41 Å². The number of rotatable bonds is 2. The summed E-state index contributed by atoms with van der Waals surface area (Å²) in [6.07, 6.45) is -5.01. The maximum absolute atomic E-state index is 12.3. The van der Waals surface area contributed by atoms with Gasteiger partial charge < -0.3 is 5.32 Å². The van der Waals surface area contributed by atoms with Crippen molar-refractivity contribution in [3.8, 4) is 0 Å². The SMILES string of the molecule is CNc1c(Br)cccc1C(=N)N(C)C(=O)C(F)(F)F. The number of para-hydroxylation sites is 1. The first-order valence-corrected chi connectivity index (χ1v) is 5.89. The molecular formula is C11H11BrF3N3O. The van der Waals surface area contributed by atoms with Gasteiger partial charge in [0.25, 0.3) is 0 Å². The average Bonchev–Trinajstić information content (AvgIpc) is 2.34. The van der Waals surface area contributed by atoms with Gasteiger partial charge in [-0.25, -0.2) is 0 Å². The second-order valence-electron chi connectivity index (χ2n) is 3.62. The minimum atomic E-state index is -5.01. The van der Waals surface area contributed by atoms with E-state index in [9.17, 15) is 18.0 Å². The van der Waals surface area contributed by atoms with E-state index in [1.807, 2.05) is 0 Å². The number of carbonyl (C=O) groups excluding carboxylic acids is 1. The van der Waals surface area contributed by atoms with Crippen molar-refractivity contribution in [1.82, 2.24) is 4.90 Å². The van der Waals surface area contributed by atoms with Gasteiger partial charge in [0.05, 0.1) is 5.69 Å². The highest BCUT2D eigenvalue weighted by Crippen LogP contribution is 2.27. The van der Waals surface area contributed by atoms with Crippen molar-refractivity contribution in [1.29, 1.82) is 5.41 Å². The second-order valence-corrected chi connectivity index (χ2v) is 4.48. The van der Waals surface area contributed by atoms with Gasteiger partial charge >= 0.3 is 12.1 Å². The third-order valence-electron chi connectivity index (χ3n) is 2.40. The third-order valence-corrected chi connectivity index (χ3v) is 3.06. The normalized spacial score (nSPS) is 11.1. The Kier molecular flexibility index (Phi) is 4.56. The van der Waals surface area contributed by atoms with Crippen LogP contribution in [0.2, 0.25) is 0 Å². The summed E-state index contributed by atoms with van der Waals surface area (Å²) >= 11 is 3.22. The Morgan fingerprint density at radius 1 is 1.42 bits per heavy atom. The van der Waals surface area contributed by atoms with Gasteiger partial charge in [0.15, 0.2) is 0 Å². The molecule has 0 saturated heterocycles. The molecule has 0 bridgehead atoms. The van der Waals surface area contributed by atoms with Crippen LogP contribution in [0.15, 0.2) is 22.7 Å². The summed E-state index contributed by atoms with van der Waals surface area (Å²) in [5, 5.41) is 10.5. The smallest absolute Gasteiger partial charge is 0.387 e. The molecule has 0 unspecified atom stereocenters. The van der Waals surface area contributed by atoms with Crippen LogP contribution in [0, 0.1) is 5.41 Å². The van der Waals surface area contributed by atoms with Crippen LogP contribution in [0.25, 0.3) is 0 Å². The van der Waals surface area contributed by atoms with Crippen molar-refractivity contribution in [3.63, 3.8) is 0 Å². The molecule has 1 aromatic rings. The lowest BCUT2D eigenvalue weighted by atomic mass is 10.1. The fourth-order valence-electron chi connectivity index (χ4n) is 1.45. The highest BCUT2D eigenvalue weighted by Gasteiger charge is 2.42. The van der Waals surface area contributed by atoms with Gasteiger partial charge in [0.1, 0.15) is 5.84 Å². The first-order valence-electron chi connectivity index (χ1n) is 5.10. The zero-order valence-electron chi connectivity index (χ0n) is 10.1. The average molecular weight is 338 g/mol. The molecule has 0 spiro atoms. The molecule has 4 nitrogen and oxygen atoms in total. The highest BCUT2D eigenvalue weighted by molar-refractivity contribution is 9.10. The summed E-state index contributed by atoms with van der Waals surface area (Å²) in [7, 11) is 2.49. The molecule has 0 aliphatic carbocycles. The van der Waals surface area contributed by atoms with Crippen molar-refractivity contribution in [2.75, 3.05) is 19.4 Å². The van der Waals surface area contributed by atoms with Gasteiger partial charge in [-0.3, -0.25) is 15.1 Å². The predicted molar refractivity (Wildman–Crippen MR) is 69.3 cm³/mol. The Hall–Kier alpha value is -1.57. The number of alkyl halides is 3. The van der Waals surface area contributed by atoms with Crippen LogP contribution < -0.4 is 5.32 Å². The molecule has 8 heteroatoms. The number of anilines is 1. The number of carbonyl (C=O) groups is 1. The maximum Gasteiger partial charge on any atom is 0.471 e. The Labute approximate surface area is 116 Å². The van der Waals surface area contributed by atoms with Crippen LogP contribution in [-0.4, -0.2) is 36.9 Å². The molecule has 0 aliphatic heterocycles. The van der Waals surface area contributed by atoms with Gasteiger partial charge in [-0.2, -0.15) is 13.2 Å². The largest absolute Gasteiger partial charge is 0.471 e. The van der Waals surface area contributed by atoms with Gasteiger partial charge in [-0.15, -0.1) is 0 Å². The summed E-state index contributed by atoms with van der Waals surface area (Å²) in [6, 6.07) is 4.70. The molecule has 0 radical (unpaired) electrons. The molecule has 1 amide bonds. The number of hydrogen-bond acceptors (Lipinski definition) is 3. The highest BCUT2D eigenvalue weighted by atomic mass is 79.9. The van der Waals surface area contributed by atoms with E-state index in [-0.39, 0.29) is 10.5 Å². The third kappa shape index (κ3) is 3.25. The molecule has 0 atom stereocenters. The molecule has 0 aliphatic rings. The fourth-order valence-corrected chi connectivity index (χ4v) is 2.01. The number of nitrogens with zero attached hydrogens (tertiary/aromatic N) is 1.